The fourth-order valence-electron chi connectivity index (χ4n) is 4.56. The average Bonchev–Trinajstić information content (AvgIpc) is 3.12. The molecule has 1 aliphatic rings. The Bertz CT molecular complexity index is 1240. The number of hydrogen-bond donors (Lipinski definition) is 0. The molecule has 1 amide bonds. The van der Waals surface area contributed by atoms with Gasteiger partial charge < -0.3 is 14.4 Å². The first-order valence-electron chi connectivity index (χ1n) is 11.4. The zero-order chi connectivity index (χ0) is 23.5. The van der Waals surface area contributed by atoms with Crippen molar-refractivity contribution in [3.63, 3.8) is 0 Å². The number of nitrogens with zero attached hydrogens (tertiary/aromatic N) is 4. The Hall–Kier alpha value is -3.78. The molecule has 0 radical (unpaired) electrons. The predicted molar refractivity (Wildman–Crippen MR) is 134 cm³/mol. The molecule has 0 saturated carbocycles. The molecule has 0 aliphatic carbocycles. The fourth-order valence-corrected chi connectivity index (χ4v) is 4.56. The minimum absolute atomic E-state index is 0.185. The molecule has 4 rings (SSSR count). The summed E-state index contributed by atoms with van der Waals surface area (Å²) in [4.78, 5) is 17.2. The first-order chi connectivity index (χ1) is 15.9. The predicted octanol–water partition coefficient (Wildman–Crippen LogP) is 4.97. The van der Waals surface area contributed by atoms with Gasteiger partial charge in [0, 0.05) is 48.9 Å². The van der Waals surface area contributed by atoms with Crippen molar-refractivity contribution < 1.29 is 4.79 Å². The van der Waals surface area contributed by atoms with Crippen LogP contribution in [0.15, 0.2) is 60.2 Å². The Morgan fingerprint density at radius 1 is 0.939 bits per heavy atom. The van der Waals surface area contributed by atoms with Gasteiger partial charge in [-0.15, -0.1) is 0 Å². The molecule has 1 aromatic heterocycles. The van der Waals surface area contributed by atoms with Crippen molar-refractivity contribution in [2.75, 3.05) is 31.1 Å². The number of amides is 1. The highest BCUT2D eigenvalue weighted by molar-refractivity contribution is 6.02. The summed E-state index contributed by atoms with van der Waals surface area (Å²) in [5.41, 5.74) is 7.95. The molecule has 3 aromatic rings. The maximum Gasteiger partial charge on any atom is 0.264 e. The third-order valence-electron chi connectivity index (χ3n) is 6.63. The normalized spacial score (nSPS) is 14.3. The maximum atomic E-state index is 13.2. The summed E-state index contributed by atoms with van der Waals surface area (Å²) in [6, 6.07) is 20.7. The van der Waals surface area contributed by atoms with E-state index >= 15 is 0 Å². The lowest BCUT2D eigenvalue weighted by atomic mass is 10.1. The van der Waals surface area contributed by atoms with Crippen molar-refractivity contribution in [1.82, 2.24) is 9.47 Å². The summed E-state index contributed by atoms with van der Waals surface area (Å²) < 4.78 is 2.20. The van der Waals surface area contributed by atoms with Crippen LogP contribution in [0.4, 0.5) is 5.69 Å². The molecule has 2 aromatic carbocycles. The van der Waals surface area contributed by atoms with E-state index in [2.05, 4.69) is 72.7 Å². The number of aryl methyl sites for hydroxylation is 2. The van der Waals surface area contributed by atoms with Gasteiger partial charge in [0.15, 0.2) is 0 Å². The number of carbonyl (C=O) groups excluding carboxylic acids is 1. The molecule has 1 fully saturated rings. The quantitative estimate of drug-likeness (QED) is 0.427. The molecule has 2 heterocycles. The second-order valence-corrected chi connectivity index (χ2v) is 8.67. The van der Waals surface area contributed by atoms with Crippen molar-refractivity contribution in [2.24, 2.45) is 0 Å². The van der Waals surface area contributed by atoms with Gasteiger partial charge in [-0.25, -0.2) is 0 Å². The van der Waals surface area contributed by atoms with Crippen LogP contribution in [0.25, 0.3) is 11.8 Å². The SMILES string of the molecule is Cc1cccc(-n2c(C)cc(/C=C(/C#N)C(=O)N3CCN(c4ccccc4)CC3)c2C)c1C. The molecule has 0 N–H and O–H groups in total. The first kappa shape index (κ1) is 22.4. The molecule has 168 valence electrons. The van der Waals surface area contributed by atoms with Gasteiger partial charge in [0.1, 0.15) is 11.6 Å². The van der Waals surface area contributed by atoms with Crippen LogP contribution in [0.3, 0.4) is 0 Å². The monoisotopic (exact) mass is 438 g/mol. The van der Waals surface area contributed by atoms with E-state index in [-0.39, 0.29) is 11.5 Å². The van der Waals surface area contributed by atoms with Gasteiger partial charge in [-0.1, -0.05) is 30.3 Å². The number of rotatable bonds is 4. The minimum atomic E-state index is -0.193. The molecule has 0 unspecified atom stereocenters. The molecule has 1 saturated heterocycles. The highest BCUT2D eigenvalue weighted by Gasteiger charge is 2.24. The van der Waals surface area contributed by atoms with Gasteiger partial charge in [-0.2, -0.15) is 5.26 Å². The van der Waals surface area contributed by atoms with Crippen LogP contribution < -0.4 is 4.90 Å². The highest BCUT2D eigenvalue weighted by Crippen LogP contribution is 2.26. The van der Waals surface area contributed by atoms with Crippen molar-refractivity contribution in [2.45, 2.75) is 27.7 Å². The molecule has 0 spiro atoms. The summed E-state index contributed by atoms with van der Waals surface area (Å²) in [7, 11) is 0. The third kappa shape index (κ3) is 4.42. The number of anilines is 1. The van der Waals surface area contributed by atoms with Crippen molar-refractivity contribution in [3.8, 4) is 11.8 Å². The van der Waals surface area contributed by atoms with Gasteiger partial charge >= 0.3 is 0 Å². The largest absolute Gasteiger partial charge is 0.368 e. The molecule has 5 heteroatoms. The fraction of sp³-hybridized carbons (Fsp3) is 0.286. The van der Waals surface area contributed by atoms with E-state index in [1.54, 1.807) is 11.0 Å². The Morgan fingerprint density at radius 3 is 2.30 bits per heavy atom. The standard InChI is InChI=1S/C28H30N4O/c1-20-9-8-12-27(22(20)3)32-21(2)17-24(23(32)4)18-25(19-29)28(33)31-15-13-30(14-16-31)26-10-6-5-7-11-26/h5-12,17-18H,13-16H2,1-4H3/b25-18-. The number of benzene rings is 2. The Labute approximate surface area is 196 Å². The Morgan fingerprint density at radius 2 is 1.64 bits per heavy atom. The van der Waals surface area contributed by atoms with Crippen LogP contribution in [-0.2, 0) is 4.79 Å². The van der Waals surface area contributed by atoms with Gasteiger partial charge in [0.2, 0.25) is 0 Å². The summed E-state index contributed by atoms with van der Waals surface area (Å²) in [5, 5.41) is 9.80. The number of para-hydroxylation sites is 1. The van der Waals surface area contributed by atoms with Crippen LogP contribution in [0.5, 0.6) is 0 Å². The van der Waals surface area contributed by atoms with Crippen molar-refractivity contribution in [3.05, 3.63) is 88.2 Å². The second kappa shape index (κ2) is 9.38. The van der Waals surface area contributed by atoms with E-state index in [1.807, 2.05) is 25.1 Å². The van der Waals surface area contributed by atoms with E-state index in [0.29, 0.717) is 13.1 Å². The summed E-state index contributed by atoms with van der Waals surface area (Å²) in [6.45, 7) is 11.1. The van der Waals surface area contributed by atoms with Crippen LogP contribution in [0.2, 0.25) is 0 Å². The lowest BCUT2D eigenvalue weighted by Crippen LogP contribution is -2.49. The van der Waals surface area contributed by atoms with Crippen LogP contribution in [0.1, 0.15) is 28.1 Å². The van der Waals surface area contributed by atoms with E-state index in [4.69, 9.17) is 0 Å². The molecule has 5 nitrogen and oxygen atoms in total. The van der Waals surface area contributed by atoms with Gasteiger partial charge in [0.05, 0.1) is 0 Å². The minimum Gasteiger partial charge on any atom is -0.368 e. The number of piperazine rings is 1. The third-order valence-corrected chi connectivity index (χ3v) is 6.63. The van der Waals surface area contributed by atoms with Crippen molar-refractivity contribution >= 4 is 17.7 Å². The summed E-state index contributed by atoms with van der Waals surface area (Å²) in [6.07, 6.45) is 1.75. The molecular formula is C28H30N4O. The lowest BCUT2D eigenvalue weighted by Gasteiger charge is -2.36. The molecular weight excluding hydrogens is 408 g/mol. The van der Waals surface area contributed by atoms with Crippen LogP contribution in [-0.4, -0.2) is 41.6 Å². The molecule has 0 bridgehead atoms. The Kier molecular flexibility index (Phi) is 6.37. The van der Waals surface area contributed by atoms with Gasteiger partial charge in [0.25, 0.3) is 5.91 Å². The number of aromatic nitrogens is 1. The zero-order valence-electron chi connectivity index (χ0n) is 19.8. The maximum absolute atomic E-state index is 13.2. The van der Waals surface area contributed by atoms with Crippen LogP contribution in [0, 0.1) is 39.0 Å². The van der Waals surface area contributed by atoms with Crippen LogP contribution >= 0.6 is 0 Å². The van der Waals surface area contributed by atoms with E-state index in [9.17, 15) is 10.1 Å². The van der Waals surface area contributed by atoms with E-state index in [1.165, 1.54) is 16.8 Å². The lowest BCUT2D eigenvalue weighted by molar-refractivity contribution is -0.126. The molecule has 33 heavy (non-hydrogen) atoms. The van der Waals surface area contributed by atoms with Gasteiger partial charge in [-0.05, 0) is 74.7 Å². The van der Waals surface area contributed by atoms with Gasteiger partial charge in [-0.3, -0.25) is 4.79 Å². The number of hydrogen-bond acceptors (Lipinski definition) is 3. The number of carbonyl (C=O) groups is 1. The van der Waals surface area contributed by atoms with E-state index in [0.717, 1.165) is 35.7 Å². The smallest absolute Gasteiger partial charge is 0.264 e. The highest BCUT2D eigenvalue weighted by atomic mass is 16.2. The molecule has 1 aliphatic heterocycles. The summed E-state index contributed by atoms with van der Waals surface area (Å²) >= 11 is 0. The second-order valence-electron chi connectivity index (χ2n) is 8.67. The first-order valence-corrected chi connectivity index (χ1v) is 11.4. The average molecular weight is 439 g/mol. The van der Waals surface area contributed by atoms with Crippen molar-refractivity contribution in [1.29, 1.82) is 5.26 Å². The summed E-state index contributed by atoms with van der Waals surface area (Å²) in [5.74, 6) is -0.193. The zero-order valence-corrected chi connectivity index (χ0v) is 19.8. The molecule has 0 atom stereocenters. The Balaban J connectivity index is 1.56. The van der Waals surface area contributed by atoms with E-state index < -0.39 is 0 Å². The topological polar surface area (TPSA) is 52.3 Å². The number of nitriles is 1.